The predicted molar refractivity (Wildman–Crippen MR) is 64.8 cm³/mol. The fourth-order valence-corrected chi connectivity index (χ4v) is 2.02. The lowest BCUT2D eigenvalue weighted by Crippen LogP contribution is -2.49. The van der Waals surface area contributed by atoms with Crippen molar-refractivity contribution in [2.45, 2.75) is 40.2 Å². The van der Waals surface area contributed by atoms with Crippen molar-refractivity contribution in [1.29, 1.82) is 0 Å². The van der Waals surface area contributed by atoms with Crippen molar-refractivity contribution in [1.82, 2.24) is 10.2 Å². The molecule has 0 aliphatic carbocycles. The molecular weight excluding hydrogens is 220 g/mol. The lowest BCUT2D eigenvalue weighted by molar-refractivity contribution is -0.140. The Morgan fingerprint density at radius 1 is 1.35 bits per heavy atom. The van der Waals surface area contributed by atoms with Crippen LogP contribution < -0.4 is 5.32 Å². The summed E-state index contributed by atoms with van der Waals surface area (Å²) in [4.78, 5) is 24.6. The highest BCUT2D eigenvalue weighted by Crippen LogP contribution is 2.28. The van der Waals surface area contributed by atoms with E-state index in [-0.39, 0.29) is 17.4 Å². The van der Waals surface area contributed by atoms with Crippen LogP contribution >= 0.6 is 0 Å². The molecule has 1 unspecified atom stereocenters. The number of carbonyl (C=O) groups excluding carboxylic acids is 1. The second-order valence-electron chi connectivity index (χ2n) is 5.85. The maximum Gasteiger partial charge on any atom is 0.326 e. The van der Waals surface area contributed by atoms with Gasteiger partial charge in [-0.1, -0.05) is 27.7 Å². The van der Waals surface area contributed by atoms with E-state index >= 15 is 0 Å². The van der Waals surface area contributed by atoms with Gasteiger partial charge in [-0.2, -0.15) is 0 Å². The number of nitrogens with one attached hydrogen (secondary N) is 1. The summed E-state index contributed by atoms with van der Waals surface area (Å²) in [6, 6.07) is -1.08. The van der Waals surface area contributed by atoms with Crippen molar-refractivity contribution in [2.75, 3.05) is 13.1 Å². The Hall–Kier alpha value is -1.26. The van der Waals surface area contributed by atoms with Crippen LogP contribution in [0, 0.1) is 11.3 Å². The molecule has 0 spiro atoms. The molecule has 1 aliphatic heterocycles. The summed E-state index contributed by atoms with van der Waals surface area (Å²) in [7, 11) is 0. The van der Waals surface area contributed by atoms with E-state index in [2.05, 4.69) is 19.2 Å². The molecule has 1 fully saturated rings. The smallest absolute Gasteiger partial charge is 0.326 e. The van der Waals surface area contributed by atoms with Crippen LogP contribution in [0.3, 0.4) is 0 Å². The van der Waals surface area contributed by atoms with E-state index in [0.717, 1.165) is 6.42 Å². The van der Waals surface area contributed by atoms with Gasteiger partial charge < -0.3 is 15.3 Å². The second-order valence-corrected chi connectivity index (χ2v) is 5.85. The first-order valence-electron chi connectivity index (χ1n) is 6.01. The molecule has 1 rings (SSSR count). The lowest BCUT2D eigenvalue weighted by atomic mass is 9.93. The minimum Gasteiger partial charge on any atom is -0.480 e. The molecule has 1 saturated heterocycles. The van der Waals surface area contributed by atoms with Gasteiger partial charge in [-0.05, 0) is 17.8 Å². The second kappa shape index (κ2) is 4.94. The van der Waals surface area contributed by atoms with Crippen LogP contribution in [0.4, 0.5) is 4.79 Å². The van der Waals surface area contributed by atoms with Gasteiger partial charge >= 0.3 is 12.0 Å². The number of carbonyl (C=O) groups is 2. The molecule has 0 saturated carbocycles. The van der Waals surface area contributed by atoms with Crippen LogP contribution in [0.1, 0.15) is 34.1 Å². The predicted octanol–water partition coefficient (Wildman–Crippen LogP) is 1.54. The summed E-state index contributed by atoms with van der Waals surface area (Å²) in [6.45, 7) is 9.17. The third-order valence-corrected chi connectivity index (χ3v) is 3.18. The number of urea groups is 1. The number of hydrogen-bond donors (Lipinski definition) is 2. The number of carboxylic acid groups (broad SMARTS) is 1. The minimum absolute atomic E-state index is 0.118. The van der Waals surface area contributed by atoms with Crippen LogP contribution in [0.2, 0.25) is 0 Å². The highest BCUT2D eigenvalue weighted by Gasteiger charge is 2.34. The summed E-state index contributed by atoms with van der Waals surface area (Å²) in [5.41, 5.74) is 0.133. The molecule has 1 aliphatic rings. The molecule has 5 nitrogen and oxygen atoms in total. The molecule has 1 heterocycles. The fourth-order valence-electron chi connectivity index (χ4n) is 2.02. The highest BCUT2D eigenvalue weighted by atomic mass is 16.4. The summed E-state index contributed by atoms with van der Waals surface area (Å²) in [6.07, 6.45) is 0.958. The normalized spacial score (nSPS) is 20.4. The molecule has 0 aromatic heterocycles. The summed E-state index contributed by atoms with van der Waals surface area (Å²) in [5.74, 6) is -1.10. The topological polar surface area (TPSA) is 69.6 Å². The monoisotopic (exact) mass is 242 g/mol. The van der Waals surface area contributed by atoms with Gasteiger partial charge in [0.2, 0.25) is 0 Å². The van der Waals surface area contributed by atoms with Crippen molar-refractivity contribution in [3.63, 3.8) is 0 Å². The summed E-state index contributed by atoms with van der Waals surface area (Å²) < 4.78 is 0. The Labute approximate surface area is 102 Å². The van der Waals surface area contributed by atoms with Crippen molar-refractivity contribution in [3.8, 4) is 0 Å². The Morgan fingerprint density at radius 2 is 1.94 bits per heavy atom. The number of aliphatic carboxylic acids is 1. The van der Waals surface area contributed by atoms with Crippen LogP contribution in [0.5, 0.6) is 0 Å². The van der Waals surface area contributed by atoms with E-state index in [1.54, 1.807) is 18.7 Å². The average Bonchev–Trinajstić information content (AvgIpc) is 2.53. The molecule has 17 heavy (non-hydrogen) atoms. The van der Waals surface area contributed by atoms with E-state index in [9.17, 15) is 9.59 Å². The Kier molecular flexibility index (Phi) is 4.01. The highest BCUT2D eigenvalue weighted by molar-refractivity contribution is 5.82. The number of likely N-dealkylation sites (tertiary alicyclic amines) is 1. The van der Waals surface area contributed by atoms with Gasteiger partial charge in [0.25, 0.3) is 0 Å². The maximum atomic E-state index is 11.9. The van der Waals surface area contributed by atoms with Crippen molar-refractivity contribution in [3.05, 3.63) is 0 Å². The van der Waals surface area contributed by atoms with Crippen LogP contribution in [-0.2, 0) is 4.79 Å². The first-order valence-corrected chi connectivity index (χ1v) is 6.01. The lowest BCUT2D eigenvalue weighted by Gasteiger charge is -2.24. The number of rotatable bonds is 3. The van der Waals surface area contributed by atoms with Gasteiger partial charge in [-0.15, -0.1) is 0 Å². The van der Waals surface area contributed by atoms with Crippen LogP contribution in [0.15, 0.2) is 0 Å². The molecule has 0 bridgehead atoms. The van der Waals surface area contributed by atoms with Gasteiger partial charge in [0.05, 0.1) is 0 Å². The Bertz CT molecular complexity index is 313. The molecule has 2 amide bonds. The standard InChI is InChI=1S/C12H22N2O3/c1-8(2)9(10(15)16)13-11(17)14-6-5-12(3,4)7-14/h8-9H,5-7H2,1-4H3,(H,13,17)(H,15,16). The first kappa shape index (κ1) is 13.8. The third kappa shape index (κ3) is 3.61. The van der Waals surface area contributed by atoms with Gasteiger partial charge in [0.15, 0.2) is 0 Å². The quantitative estimate of drug-likeness (QED) is 0.788. The number of amides is 2. The average molecular weight is 242 g/mol. The Morgan fingerprint density at radius 3 is 2.29 bits per heavy atom. The third-order valence-electron chi connectivity index (χ3n) is 3.18. The zero-order valence-corrected chi connectivity index (χ0v) is 11.0. The van der Waals surface area contributed by atoms with E-state index in [0.29, 0.717) is 13.1 Å². The van der Waals surface area contributed by atoms with Gasteiger partial charge in [0, 0.05) is 13.1 Å². The molecule has 0 aromatic carbocycles. The van der Waals surface area contributed by atoms with E-state index < -0.39 is 12.0 Å². The first-order chi connectivity index (χ1) is 7.73. The van der Waals surface area contributed by atoms with Gasteiger partial charge in [-0.25, -0.2) is 9.59 Å². The van der Waals surface area contributed by atoms with Crippen molar-refractivity contribution >= 4 is 12.0 Å². The minimum atomic E-state index is -0.980. The molecule has 0 aromatic rings. The van der Waals surface area contributed by atoms with Crippen LogP contribution in [-0.4, -0.2) is 41.1 Å². The maximum absolute atomic E-state index is 11.9. The number of carboxylic acids is 1. The molecule has 2 N–H and O–H groups in total. The van der Waals surface area contributed by atoms with Crippen molar-refractivity contribution in [2.24, 2.45) is 11.3 Å². The van der Waals surface area contributed by atoms with Crippen LogP contribution in [0.25, 0.3) is 0 Å². The van der Waals surface area contributed by atoms with Crippen molar-refractivity contribution < 1.29 is 14.7 Å². The zero-order valence-electron chi connectivity index (χ0n) is 11.0. The molecule has 98 valence electrons. The number of hydrogen-bond acceptors (Lipinski definition) is 2. The fraction of sp³-hybridized carbons (Fsp3) is 0.833. The molecule has 5 heteroatoms. The Balaban J connectivity index is 2.57. The SMILES string of the molecule is CC(C)C(NC(=O)N1CCC(C)(C)C1)C(=O)O. The zero-order chi connectivity index (χ0) is 13.2. The molecule has 0 radical (unpaired) electrons. The van der Waals surface area contributed by atoms with E-state index in [1.165, 1.54) is 0 Å². The largest absolute Gasteiger partial charge is 0.480 e. The summed E-state index contributed by atoms with van der Waals surface area (Å²) >= 11 is 0. The van der Waals surface area contributed by atoms with E-state index in [1.807, 2.05) is 0 Å². The molecular formula is C12H22N2O3. The summed E-state index contributed by atoms with van der Waals surface area (Å²) in [5, 5.41) is 11.6. The molecule has 1 atom stereocenters. The van der Waals surface area contributed by atoms with Gasteiger partial charge in [0.1, 0.15) is 6.04 Å². The van der Waals surface area contributed by atoms with E-state index in [4.69, 9.17) is 5.11 Å². The van der Waals surface area contributed by atoms with Gasteiger partial charge in [-0.3, -0.25) is 0 Å². The number of nitrogens with zero attached hydrogens (tertiary/aromatic N) is 1.